The fraction of sp³-hybridized carbons (Fsp3) is 0.100. The smallest absolute Gasteiger partial charge is 0.261 e. The monoisotopic (exact) mass is 360 g/mol. The number of hydrogen-bond acceptors (Lipinski definition) is 4. The maximum Gasteiger partial charge on any atom is 0.261 e. The normalized spacial score (nSPS) is 13.0. The molecule has 0 fully saturated rings. The first-order chi connectivity index (χ1) is 13.0. The second-order valence-electron chi connectivity index (χ2n) is 6.28. The zero-order chi connectivity index (χ0) is 19.0. The fourth-order valence-electron chi connectivity index (χ4n) is 3.00. The van der Waals surface area contributed by atoms with Gasteiger partial charge >= 0.3 is 0 Å². The molecule has 134 valence electrons. The lowest BCUT2D eigenvalue weighted by atomic mass is 10.1. The molecule has 1 aliphatic rings. The van der Waals surface area contributed by atoms with Crippen LogP contribution < -0.4 is 5.32 Å². The summed E-state index contributed by atoms with van der Waals surface area (Å²) in [6.45, 7) is 0. The van der Waals surface area contributed by atoms with E-state index in [1.807, 2.05) is 30.3 Å². The standard InChI is InChI=1S/C20H16N4O3/c1-23-19(26)16-8-7-14(10-17(16)20(23)27)22-18(25)9-13-11-21-24(12-13)15-5-3-2-4-6-15/h2-8,10-12H,9H2,1H3,(H,22,25). The Labute approximate surface area is 155 Å². The lowest BCUT2D eigenvalue weighted by Crippen LogP contribution is -2.24. The lowest BCUT2D eigenvalue weighted by molar-refractivity contribution is -0.115. The van der Waals surface area contributed by atoms with E-state index in [1.54, 1.807) is 29.2 Å². The highest BCUT2D eigenvalue weighted by Crippen LogP contribution is 2.24. The van der Waals surface area contributed by atoms with Crippen LogP contribution in [-0.4, -0.2) is 39.4 Å². The Morgan fingerprint density at radius 2 is 1.78 bits per heavy atom. The number of para-hydroxylation sites is 1. The average molecular weight is 360 g/mol. The Morgan fingerprint density at radius 1 is 1.04 bits per heavy atom. The summed E-state index contributed by atoms with van der Waals surface area (Å²) in [5.74, 6) is -0.927. The van der Waals surface area contributed by atoms with Gasteiger partial charge in [-0.1, -0.05) is 18.2 Å². The van der Waals surface area contributed by atoms with Crippen LogP contribution in [0.4, 0.5) is 5.69 Å². The van der Waals surface area contributed by atoms with Crippen LogP contribution in [0.1, 0.15) is 26.3 Å². The number of fused-ring (bicyclic) bond motifs is 1. The van der Waals surface area contributed by atoms with Crippen LogP contribution in [0.3, 0.4) is 0 Å². The highest BCUT2D eigenvalue weighted by molar-refractivity contribution is 6.21. The maximum atomic E-state index is 12.3. The molecule has 0 saturated carbocycles. The Balaban J connectivity index is 1.46. The van der Waals surface area contributed by atoms with Crippen molar-refractivity contribution in [2.24, 2.45) is 0 Å². The molecule has 2 heterocycles. The largest absolute Gasteiger partial charge is 0.326 e. The van der Waals surface area contributed by atoms with Crippen molar-refractivity contribution in [3.05, 3.63) is 77.6 Å². The van der Waals surface area contributed by atoms with Crippen molar-refractivity contribution in [3.63, 3.8) is 0 Å². The maximum absolute atomic E-state index is 12.3. The van der Waals surface area contributed by atoms with E-state index in [0.717, 1.165) is 16.2 Å². The molecular weight excluding hydrogens is 344 g/mol. The van der Waals surface area contributed by atoms with Crippen molar-refractivity contribution in [1.29, 1.82) is 0 Å². The molecule has 7 heteroatoms. The zero-order valence-corrected chi connectivity index (χ0v) is 14.5. The summed E-state index contributed by atoms with van der Waals surface area (Å²) in [7, 11) is 1.44. The van der Waals surface area contributed by atoms with Gasteiger partial charge < -0.3 is 5.32 Å². The molecule has 0 unspecified atom stereocenters. The third-order valence-electron chi connectivity index (χ3n) is 4.39. The Morgan fingerprint density at radius 3 is 2.56 bits per heavy atom. The molecule has 0 radical (unpaired) electrons. The average Bonchev–Trinajstić information content (AvgIpc) is 3.22. The first-order valence-electron chi connectivity index (χ1n) is 8.38. The number of nitrogens with zero attached hydrogens (tertiary/aromatic N) is 3. The van der Waals surface area contributed by atoms with Crippen molar-refractivity contribution in [2.45, 2.75) is 6.42 Å². The van der Waals surface area contributed by atoms with Gasteiger partial charge in [-0.05, 0) is 35.9 Å². The molecule has 2 aromatic carbocycles. The molecule has 3 amide bonds. The highest BCUT2D eigenvalue weighted by atomic mass is 16.2. The summed E-state index contributed by atoms with van der Waals surface area (Å²) in [6.07, 6.45) is 3.60. The number of rotatable bonds is 4. The Hall–Kier alpha value is -3.74. The fourth-order valence-corrected chi connectivity index (χ4v) is 3.00. The molecular formula is C20H16N4O3. The topological polar surface area (TPSA) is 84.3 Å². The van der Waals surface area contributed by atoms with Gasteiger partial charge in [-0.2, -0.15) is 5.10 Å². The van der Waals surface area contributed by atoms with Gasteiger partial charge in [0, 0.05) is 18.9 Å². The SMILES string of the molecule is CN1C(=O)c2ccc(NC(=O)Cc3cnn(-c4ccccc4)c3)cc2C1=O. The van der Waals surface area contributed by atoms with Crippen LogP contribution >= 0.6 is 0 Å². The van der Waals surface area contributed by atoms with E-state index in [4.69, 9.17) is 0 Å². The second-order valence-corrected chi connectivity index (χ2v) is 6.28. The molecule has 0 saturated heterocycles. The minimum absolute atomic E-state index is 0.150. The van der Waals surface area contributed by atoms with E-state index < -0.39 is 0 Å². The van der Waals surface area contributed by atoms with E-state index in [1.165, 1.54) is 13.1 Å². The van der Waals surface area contributed by atoms with Gasteiger partial charge in [-0.15, -0.1) is 0 Å². The highest BCUT2D eigenvalue weighted by Gasteiger charge is 2.32. The summed E-state index contributed by atoms with van der Waals surface area (Å²) in [5, 5.41) is 7.03. The molecule has 1 aromatic heterocycles. The predicted molar refractivity (Wildman–Crippen MR) is 98.8 cm³/mol. The van der Waals surface area contributed by atoms with Crippen molar-refractivity contribution < 1.29 is 14.4 Å². The minimum atomic E-state index is -0.366. The molecule has 4 rings (SSSR count). The van der Waals surface area contributed by atoms with Gasteiger partial charge in [-0.25, -0.2) is 4.68 Å². The summed E-state index contributed by atoms with van der Waals surface area (Å²) in [5.41, 5.74) is 2.81. The number of anilines is 1. The number of carbonyl (C=O) groups excluding carboxylic acids is 3. The summed E-state index contributed by atoms with van der Waals surface area (Å²) in [6, 6.07) is 14.3. The molecule has 1 aliphatic heterocycles. The molecule has 0 spiro atoms. The molecule has 0 bridgehead atoms. The number of carbonyl (C=O) groups is 3. The molecule has 0 aliphatic carbocycles. The van der Waals surface area contributed by atoms with Crippen LogP contribution in [-0.2, 0) is 11.2 Å². The van der Waals surface area contributed by atoms with E-state index >= 15 is 0 Å². The van der Waals surface area contributed by atoms with Gasteiger partial charge in [0.25, 0.3) is 11.8 Å². The lowest BCUT2D eigenvalue weighted by Gasteiger charge is -2.05. The van der Waals surface area contributed by atoms with Crippen molar-refractivity contribution in [3.8, 4) is 5.69 Å². The van der Waals surface area contributed by atoms with Crippen LogP contribution in [0, 0.1) is 0 Å². The molecule has 1 N–H and O–H groups in total. The number of aromatic nitrogens is 2. The van der Waals surface area contributed by atoms with E-state index in [2.05, 4.69) is 10.4 Å². The summed E-state index contributed by atoms with van der Waals surface area (Å²) < 4.78 is 1.71. The Kier molecular flexibility index (Phi) is 4.04. The van der Waals surface area contributed by atoms with Crippen LogP contribution in [0.2, 0.25) is 0 Å². The van der Waals surface area contributed by atoms with E-state index in [9.17, 15) is 14.4 Å². The quantitative estimate of drug-likeness (QED) is 0.724. The number of benzene rings is 2. The molecule has 7 nitrogen and oxygen atoms in total. The summed E-state index contributed by atoms with van der Waals surface area (Å²) >= 11 is 0. The van der Waals surface area contributed by atoms with Crippen LogP contribution in [0.5, 0.6) is 0 Å². The zero-order valence-electron chi connectivity index (χ0n) is 14.5. The van der Waals surface area contributed by atoms with E-state index in [0.29, 0.717) is 16.8 Å². The van der Waals surface area contributed by atoms with Gasteiger partial charge in [0.2, 0.25) is 5.91 Å². The molecule has 27 heavy (non-hydrogen) atoms. The van der Waals surface area contributed by atoms with Crippen LogP contribution in [0.15, 0.2) is 60.9 Å². The second kappa shape index (κ2) is 6.53. The Bertz CT molecular complexity index is 1060. The number of amides is 3. The number of imide groups is 1. The van der Waals surface area contributed by atoms with Crippen LogP contribution in [0.25, 0.3) is 5.69 Å². The first kappa shape index (κ1) is 16.7. The van der Waals surface area contributed by atoms with Gasteiger partial charge in [0.15, 0.2) is 0 Å². The number of nitrogens with one attached hydrogen (secondary N) is 1. The van der Waals surface area contributed by atoms with Crippen molar-refractivity contribution in [1.82, 2.24) is 14.7 Å². The predicted octanol–water partition coefficient (Wildman–Crippen LogP) is 2.28. The first-order valence-corrected chi connectivity index (χ1v) is 8.38. The van der Waals surface area contributed by atoms with Gasteiger partial charge in [0.1, 0.15) is 0 Å². The van der Waals surface area contributed by atoms with E-state index in [-0.39, 0.29) is 24.1 Å². The van der Waals surface area contributed by atoms with Gasteiger partial charge in [-0.3, -0.25) is 19.3 Å². The molecule has 3 aromatic rings. The minimum Gasteiger partial charge on any atom is -0.326 e. The number of hydrogen-bond donors (Lipinski definition) is 1. The third-order valence-corrected chi connectivity index (χ3v) is 4.39. The third kappa shape index (κ3) is 3.10. The van der Waals surface area contributed by atoms with Gasteiger partial charge in [0.05, 0.1) is 29.4 Å². The summed E-state index contributed by atoms with van der Waals surface area (Å²) in [4.78, 5) is 37.4. The van der Waals surface area contributed by atoms with Crippen molar-refractivity contribution in [2.75, 3.05) is 12.4 Å². The molecule has 0 atom stereocenters. The van der Waals surface area contributed by atoms with Crippen molar-refractivity contribution >= 4 is 23.4 Å².